The first-order valence-electron chi connectivity index (χ1n) is 9.01. The van der Waals surface area contributed by atoms with Crippen molar-refractivity contribution in [1.82, 2.24) is 9.88 Å². The van der Waals surface area contributed by atoms with E-state index in [9.17, 15) is 14.4 Å². The summed E-state index contributed by atoms with van der Waals surface area (Å²) in [5, 5.41) is 0.258. The Morgan fingerprint density at radius 1 is 1.24 bits per heavy atom. The fraction of sp³-hybridized carbons (Fsp3) is 0.250. The molecule has 0 unspecified atom stereocenters. The van der Waals surface area contributed by atoms with Gasteiger partial charge in [-0.2, -0.15) is 0 Å². The van der Waals surface area contributed by atoms with Crippen LogP contribution in [0.5, 0.6) is 0 Å². The van der Waals surface area contributed by atoms with Crippen molar-refractivity contribution >= 4 is 40.8 Å². The number of carbonyl (C=O) groups is 3. The molecule has 1 aromatic heterocycles. The van der Waals surface area contributed by atoms with Gasteiger partial charge in [0.2, 0.25) is 5.91 Å². The molecule has 8 nitrogen and oxygen atoms in total. The summed E-state index contributed by atoms with van der Waals surface area (Å²) < 4.78 is 4.97. The smallest absolute Gasteiger partial charge is 0.338 e. The van der Waals surface area contributed by atoms with Gasteiger partial charge in [0.1, 0.15) is 6.04 Å². The van der Waals surface area contributed by atoms with Gasteiger partial charge in [-0.05, 0) is 55.0 Å². The number of esters is 1. The standard InChI is InChI=1S/C20H20N4O4S/c1-2-28-19(27)14-5-7-15(8-6-14)24-18(26)16(10-17(21)25)23(20(24)29)12-13-4-3-9-22-11-13/h3-9,11,16H,2,10,12H2,1H3,(H2,21,25)/t16-/m0/s1. The summed E-state index contributed by atoms with van der Waals surface area (Å²) in [5.41, 5.74) is 7.07. The van der Waals surface area contributed by atoms with Crippen LogP contribution in [0.15, 0.2) is 48.8 Å². The molecule has 0 bridgehead atoms. The van der Waals surface area contributed by atoms with E-state index in [2.05, 4.69) is 4.98 Å². The van der Waals surface area contributed by atoms with Crippen LogP contribution >= 0.6 is 12.2 Å². The first kappa shape index (κ1) is 20.4. The van der Waals surface area contributed by atoms with Crippen LogP contribution in [-0.2, 0) is 20.9 Å². The van der Waals surface area contributed by atoms with E-state index in [1.165, 1.54) is 4.90 Å². The third-order valence-corrected chi connectivity index (χ3v) is 4.84. The number of nitrogens with two attached hydrogens (primary N) is 1. The molecule has 29 heavy (non-hydrogen) atoms. The lowest BCUT2D eigenvalue weighted by molar-refractivity contribution is -0.125. The first-order chi connectivity index (χ1) is 13.9. The highest BCUT2D eigenvalue weighted by Crippen LogP contribution is 2.28. The Labute approximate surface area is 173 Å². The minimum absolute atomic E-state index is 0.156. The lowest BCUT2D eigenvalue weighted by atomic mass is 10.1. The number of hydrogen-bond donors (Lipinski definition) is 1. The fourth-order valence-corrected chi connectivity index (χ4v) is 3.48. The number of amides is 2. The highest BCUT2D eigenvalue weighted by Gasteiger charge is 2.43. The Bertz CT molecular complexity index is 933. The molecule has 9 heteroatoms. The number of thiocarbonyl (C=S) groups is 1. The molecule has 2 amide bonds. The minimum Gasteiger partial charge on any atom is -0.462 e. The van der Waals surface area contributed by atoms with Crippen LogP contribution in [0.1, 0.15) is 29.3 Å². The van der Waals surface area contributed by atoms with Crippen LogP contribution in [0, 0.1) is 0 Å². The maximum Gasteiger partial charge on any atom is 0.338 e. The Morgan fingerprint density at radius 3 is 2.55 bits per heavy atom. The number of anilines is 1. The molecular formula is C20H20N4O4S. The molecule has 1 atom stereocenters. The van der Waals surface area contributed by atoms with Crippen LogP contribution in [-0.4, -0.2) is 45.4 Å². The number of carbonyl (C=O) groups excluding carboxylic acids is 3. The molecule has 1 aliphatic rings. The number of aromatic nitrogens is 1. The molecule has 0 aliphatic carbocycles. The summed E-state index contributed by atoms with van der Waals surface area (Å²) in [4.78, 5) is 43.5. The maximum absolute atomic E-state index is 13.1. The van der Waals surface area contributed by atoms with Gasteiger partial charge in [0.25, 0.3) is 5.91 Å². The Kier molecular flexibility index (Phi) is 6.18. The third kappa shape index (κ3) is 4.40. The van der Waals surface area contributed by atoms with E-state index in [1.54, 1.807) is 54.5 Å². The molecule has 1 saturated heterocycles. The number of ether oxygens (including phenoxy) is 1. The van der Waals surface area contributed by atoms with Crippen LogP contribution in [0.25, 0.3) is 0 Å². The fourth-order valence-electron chi connectivity index (χ4n) is 3.09. The Hall–Kier alpha value is -3.33. The Morgan fingerprint density at radius 2 is 1.97 bits per heavy atom. The van der Waals surface area contributed by atoms with E-state index in [0.717, 1.165) is 5.56 Å². The Balaban J connectivity index is 1.89. The number of pyridine rings is 1. The predicted molar refractivity (Wildman–Crippen MR) is 110 cm³/mol. The molecule has 1 aliphatic heterocycles. The van der Waals surface area contributed by atoms with Crippen molar-refractivity contribution in [2.24, 2.45) is 5.73 Å². The van der Waals surface area contributed by atoms with Crippen molar-refractivity contribution in [2.45, 2.75) is 25.9 Å². The van der Waals surface area contributed by atoms with E-state index < -0.39 is 17.9 Å². The van der Waals surface area contributed by atoms with Crippen molar-refractivity contribution in [3.8, 4) is 0 Å². The average Bonchev–Trinajstić information content (AvgIpc) is 2.93. The van der Waals surface area contributed by atoms with Gasteiger partial charge >= 0.3 is 5.97 Å². The van der Waals surface area contributed by atoms with Gasteiger partial charge in [-0.1, -0.05) is 6.07 Å². The van der Waals surface area contributed by atoms with Gasteiger partial charge in [-0.3, -0.25) is 19.5 Å². The van der Waals surface area contributed by atoms with Gasteiger partial charge in [-0.15, -0.1) is 0 Å². The quantitative estimate of drug-likeness (QED) is 0.544. The van der Waals surface area contributed by atoms with Gasteiger partial charge in [0, 0.05) is 18.9 Å². The average molecular weight is 412 g/mol. The van der Waals surface area contributed by atoms with E-state index >= 15 is 0 Å². The lowest BCUT2D eigenvalue weighted by Gasteiger charge is -2.23. The summed E-state index contributed by atoms with van der Waals surface area (Å²) in [7, 11) is 0. The maximum atomic E-state index is 13.1. The number of nitrogens with zero attached hydrogens (tertiary/aromatic N) is 3. The summed E-state index contributed by atoms with van der Waals surface area (Å²) in [6.07, 6.45) is 3.16. The van der Waals surface area contributed by atoms with Crippen LogP contribution < -0.4 is 10.6 Å². The molecule has 1 fully saturated rings. The highest BCUT2D eigenvalue weighted by molar-refractivity contribution is 7.80. The van der Waals surface area contributed by atoms with Gasteiger partial charge in [0.05, 0.1) is 24.3 Å². The second-order valence-corrected chi connectivity index (χ2v) is 6.76. The van der Waals surface area contributed by atoms with Crippen molar-refractivity contribution in [3.05, 3.63) is 59.9 Å². The number of hydrogen-bond acceptors (Lipinski definition) is 6. The van der Waals surface area contributed by atoms with E-state index in [0.29, 0.717) is 17.8 Å². The minimum atomic E-state index is -0.801. The van der Waals surface area contributed by atoms with Gasteiger partial charge < -0.3 is 15.4 Å². The molecule has 150 valence electrons. The van der Waals surface area contributed by atoms with Crippen LogP contribution in [0.4, 0.5) is 5.69 Å². The van der Waals surface area contributed by atoms with Crippen molar-refractivity contribution in [3.63, 3.8) is 0 Å². The molecule has 2 heterocycles. The molecule has 1 aromatic carbocycles. The second-order valence-electron chi connectivity index (χ2n) is 6.40. The van der Waals surface area contributed by atoms with E-state index in [4.69, 9.17) is 22.7 Å². The zero-order valence-corrected chi connectivity index (χ0v) is 16.6. The summed E-state index contributed by atoms with van der Waals surface area (Å²) in [5.74, 6) is -1.39. The third-order valence-electron chi connectivity index (χ3n) is 4.43. The topological polar surface area (TPSA) is 106 Å². The monoisotopic (exact) mass is 412 g/mol. The van der Waals surface area contributed by atoms with Crippen molar-refractivity contribution in [2.75, 3.05) is 11.5 Å². The lowest BCUT2D eigenvalue weighted by Crippen LogP contribution is -2.37. The largest absolute Gasteiger partial charge is 0.462 e. The molecule has 2 N–H and O–H groups in total. The number of benzene rings is 1. The SMILES string of the molecule is CCOC(=O)c1ccc(N2C(=O)[C@H](CC(N)=O)N(Cc3cccnc3)C2=S)cc1. The first-order valence-corrected chi connectivity index (χ1v) is 9.42. The van der Waals surface area contributed by atoms with E-state index in [1.807, 2.05) is 6.07 Å². The van der Waals surface area contributed by atoms with Crippen molar-refractivity contribution in [1.29, 1.82) is 0 Å². The van der Waals surface area contributed by atoms with Gasteiger partial charge in [-0.25, -0.2) is 4.79 Å². The zero-order valence-electron chi connectivity index (χ0n) is 15.8. The second kappa shape index (κ2) is 8.78. The summed E-state index contributed by atoms with van der Waals surface area (Å²) >= 11 is 5.54. The molecular weight excluding hydrogens is 392 g/mol. The van der Waals surface area contributed by atoms with E-state index in [-0.39, 0.29) is 24.0 Å². The zero-order chi connectivity index (χ0) is 21.0. The van der Waals surface area contributed by atoms with Crippen molar-refractivity contribution < 1.29 is 19.1 Å². The van der Waals surface area contributed by atoms with Crippen LogP contribution in [0.2, 0.25) is 0 Å². The molecule has 0 radical (unpaired) electrons. The predicted octanol–water partition coefficient (Wildman–Crippen LogP) is 1.64. The highest BCUT2D eigenvalue weighted by atomic mass is 32.1. The normalized spacial score (nSPS) is 16.2. The number of primary amides is 1. The van der Waals surface area contributed by atoms with Gasteiger partial charge in [0.15, 0.2) is 5.11 Å². The molecule has 0 saturated carbocycles. The summed E-state index contributed by atoms with van der Waals surface area (Å²) in [6, 6.07) is 9.21. The summed E-state index contributed by atoms with van der Waals surface area (Å²) in [6.45, 7) is 2.31. The molecule has 3 rings (SSSR count). The van der Waals surface area contributed by atoms with Crippen LogP contribution in [0.3, 0.4) is 0 Å². The number of rotatable bonds is 7. The molecule has 2 aromatic rings. The molecule has 0 spiro atoms.